The highest BCUT2D eigenvalue weighted by molar-refractivity contribution is 6.06. The van der Waals surface area contributed by atoms with Crippen molar-refractivity contribution in [2.75, 3.05) is 12.4 Å². The Kier molecular flexibility index (Phi) is 4.64. The van der Waals surface area contributed by atoms with Gasteiger partial charge >= 0.3 is 0 Å². The number of hydrogen-bond acceptors (Lipinski definition) is 4. The van der Waals surface area contributed by atoms with Crippen LogP contribution in [0.4, 0.5) is 5.69 Å². The fourth-order valence-corrected chi connectivity index (χ4v) is 3.02. The van der Waals surface area contributed by atoms with Crippen molar-refractivity contribution in [1.82, 2.24) is 0 Å². The summed E-state index contributed by atoms with van der Waals surface area (Å²) in [6.45, 7) is 0. The van der Waals surface area contributed by atoms with Crippen molar-refractivity contribution in [2.24, 2.45) is 0 Å². The largest absolute Gasteiger partial charge is 0.491 e. The molecule has 1 aromatic heterocycles. The van der Waals surface area contributed by atoms with E-state index in [4.69, 9.17) is 9.15 Å². The van der Waals surface area contributed by atoms with Crippen LogP contribution in [0.5, 0.6) is 5.75 Å². The topological polar surface area (TPSA) is 68.5 Å². The van der Waals surface area contributed by atoms with Crippen molar-refractivity contribution in [3.05, 3.63) is 94.6 Å². The molecule has 0 saturated carbocycles. The number of nitrogens with one attached hydrogen (secondary N) is 1. The predicted molar refractivity (Wildman–Crippen MR) is 109 cm³/mol. The number of methoxy groups -OCH3 is 1. The quantitative estimate of drug-likeness (QED) is 0.563. The number of rotatable bonds is 4. The lowest BCUT2D eigenvalue weighted by Crippen LogP contribution is -2.13. The van der Waals surface area contributed by atoms with Crippen molar-refractivity contribution in [1.29, 1.82) is 0 Å². The van der Waals surface area contributed by atoms with Crippen LogP contribution in [0.1, 0.15) is 10.4 Å². The first-order valence-corrected chi connectivity index (χ1v) is 8.74. The van der Waals surface area contributed by atoms with E-state index in [0.717, 1.165) is 5.56 Å². The lowest BCUT2D eigenvalue weighted by Gasteiger charge is -2.13. The van der Waals surface area contributed by atoms with Crippen LogP contribution in [0.3, 0.4) is 0 Å². The maximum absolute atomic E-state index is 12.6. The molecule has 0 bridgehead atoms. The van der Waals surface area contributed by atoms with Gasteiger partial charge in [0, 0.05) is 17.2 Å². The molecule has 0 aliphatic carbocycles. The molecule has 1 N–H and O–H groups in total. The second kappa shape index (κ2) is 7.40. The molecule has 5 nitrogen and oxygen atoms in total. The minimum absolute atomic E-state index is 0.181. The Morgan fingerprint density at radius 2 is 1.61 bits per heavy atom. The first-order valence-electron chi connectivity index (χ1n) is 8.74. The monoisotopic (exact) mass is 371 g/mol. The lowest BCUT2D eigenvalue weighted by atomic mass is 10.1. The van der Waals surface area contributed by atoms with E-state index < -0.39 is 0 Å². The Morgan fingerprint density at radius 3 is 2.29 bits per heavy atom. The van der Waals surface area contributed by atoms with Gasteiger partial charge in [-0.3, -0.25) is 9.59 Å². The summed E-state index contributed by atoms with van der Waals surface area (Å²) in [5.74, 6) is 0.458. The standard InChI is InChI=1S/C23H17NO4/c1-27-22-18(24-23(26)16-10-6-3-7-11-16)13-12-17-19(25)14-20(28-21(17)22)15-8-4-2-5-9-15/h2-14H,1H3,(H,24,26). The van der Waals surface area contributed by atoms with E-state index in [2.05, 4.69) is 5.32 Å². The first kappa shape index (κ1) is 17.5. The molecule has 0 unspecified atom stereocenters. The third-order valence-electron chi connectivity index (χ3n) is 4.40. The Labute approximate surface area is 161 Å². The molecule has 4 rings (SSSR count). The van der Waals surface area contributed by atoms with Gasteiger partial charge in [-0.1, -0.05) is 48.5 Å². The fourth-order valence-electron chi connectivity index (χ4n) is 3.02. The molecule has 3 aromatic carbocycles. The third kappa shape index (κ3) is 3.25. The average Bonchev–Trinajstić information content (AvgIpc) is 2.74. The molecule has 0 aliphatic rings. The van der Waals surface area contributed by atoms with E-state index in [1.165, 1.54) is 13.2 Å². The maximum Gasteiger partial charge on any atom is 0.255 e. The molecule has 0 fully saturated rings. The molecule has 5 heteroatoms. The summed E-state index contributed by atoms with van der Waals surface area (Å²) in [6.07, 6.45) is 0. The summed E-state index contributed by atoms with van der Waals surface area (Å²) in [4.78, 5) is 25.1. The molecule has 4 aromatic rings. The molecule has 0 atom stereocenters. The van der Waals surface area contributed by atoms with Gasteiger partial charge in [0.15, 0.2) is 16.8 Å². The molecule has 1 heterocycles. The summed E-state index contributed by atoms with van der Waals surface area (Å²) < 4.78 is 11.5. The number of hydrogen-bond donors (Lipinski definition) is 1. The van der Waals surface area contributed by atoms with Crippen molar-refractivity contribution < 1.29 is 13.9 Å². The van der Waals surface area contributed by atoms with Crippen molar-refractivity contribution in [3.8, 4) is 17.1 Å². The highest BCUT2D eigenvalue weighted by Crippen LogP contribution is 2.35. The molecule has 0 radical (unpaired) electrons. The number of ether oxygens (including phenoxy) is 1. The van der Waals surface area contributed by atoms with Crippen LogP contribution in [-0.4, -0.2) is 13.0 Å². The van der Waals surface area contributed by atoms with E-state index >= 15 is 0 Å². The van der Waals surface area contributed by atoms with E-state index in [9.17, 15) is 9.59 Å². The Balaban J connectivity index is 1.83. The summed E-state index contributed by atoms with van der Waals surface area (Å²) in [6, 6.07) is 22.9. The van der Waals surface area contributed by atoms with Gasteiger partial charge in [0.2, 0.25) is 0 Å². The van der Waals surface area contributed by atoms with E-state index in [0.29, 0.717) is 33.7 Å². The molecular weight excluding hydrogens is 354 g/mol. The van der Waals surface area contributed by atoms with Crippen molar-refractivity contribution in [2.45, 2.75) is 0 Å². The van der Waals surface area contributed by atoms with Gasteiger partial charge in [0.05, 0.1) is 18.2 Å². The van der Waals surface area contributed by atoms with E-state index in [-0.39, 0.29) is 11.3 Å². The molecule has 0 saturated heterocycles. The zero-order valence-electron chi connectivity index (χ0n) is 15.1. The van der Waals surface area contributed by atoms with Crippen LogP contribution in [0.2, 0.25) is 0 Å². The van der Waals surface area contributed by atoms with Gasteiger partial charge in [-0.2, -0.15) is 0 Å². The molecule has 1 amide bonds. The fraction of sp³-hybridized carbons (Fsp3) is 0.0435. The number of carbonyl (C=O) groups is 1. The Morgan fingerprint density at radius 1 is 0.929 bits per heavy atom. The van der Waals surface area contributed by atoms with Gasteiger partial charge < -0.3 is 14.5 Å². The van der Waals surface area contributed by atoms with Crippen LogP contribution >= 0.6 is 0 Å². The normalized spacial score (nSPS) is 10.6. The molecule has 0 spiro atoms. The third-order valence-corrected chi connectivity index (χ3v) is 4.40. The first-order chi connectivity index (χ1) is 13.7. The summed E-state index contributed by atoms with van der Waals surface area (Å²) in [7, 11) is 1.47. The second-order valence-corrected chi connectivity index (χ2v) is 6.18. The summed E-state index contributed by atoms with van der Waals surface area (Å²) >= 11 is 0. The number of amides is 1. The molecular formula is C23H17NO4. The zero-order chi connectivity index (χ0) is 19.5. The predicted octanol–water partition coefficient (Wildman–Crippen LogP) is 4.72. The lowest BCUT2D eigenvalue weighted by molar-refractivity contribution is 0.102. The number of fused-ring (bicyclic) bond motifs is 1. The van der Waals surface area contributed by atoms with Crippen LogP contribution in [0, 0.1) is 0 Å². The number of benzene rings is 3. The van der Waals surface area contributed by atoms with Gasteiger partial charge in [-0.15, -0.1) is 0 Å². The maximum atomic E-state index is 12.6. The van der Waals surface area contributed by atoms with Crippen LogP contribution in [0.25, 0.3) is 22.3 Å². The highest BCUT2D eigenvalue weighted by atomic mass is 16.5. The smallest absolute Gasteiger partial charge is 0.255 e. The zero-order valence-corrected chi connectivity index (χ0v) is 15.1. The molecule has 0 aliphatic heterocycles. The summed E-state index contributed by atoms with van der Waals surface area (Å²) in [5.41, 5.74) is 1.84. The van der Waals surface area contributed by atoms with Crippen LogP contribution < -0.4 is 15.5 Å². The minimum atomic E-state index is -0.278. The van der Waals surface area contributed by atoms with Gasteiger partial charge in [-0.05, 0) is 24.3 Å². The van der Waals surface area contributed by atoms with Crippen molar-refractivity contribution in [3.63, 3.8) is 0 Å². The van der Waals surface area contributed by atoms with Crippen LogP contribution in [-0.2, 0) is 0 Å². The Hall–Kier alpha value is -3.86. The van der Waals surface area contributed by atoms with Crippen molar-refractivity contribution >= 4 is 22.6 Å². The Bertz CT molecular complexity index is 1200. The van der Waals surface area contributed by atoms with Gasteiger partial charge in [0.1, 0.15) is 5.76 Å². The number of carbonyl (C=O) groups excluding carboxylic acids is 1. The number of anilines is 1. The summed E-state index contributed by atoms with van der Waals surface area (Å²) in [5, 5.41) is 3.21. The van der Waals surface area contributed by atoms with Crippen LogP contribution in [0.15, 0.2) is 88.1 Å². The second-order valence-electron chi connectivity index (χ2n) is 6.18. The average molecular weight is 371 g/mol. The molecule has 138 valence electrons. The van der Waals surface area contributed by atoms with Gasteiger partial charge in [0.25, 0.3) is 5.91 Å². The molecule has 28 heavy (non-hydrogen) atoms. The van der Waals surface area contributed by atoms with E-state index in [1.54, 1.807) is 36.4 Å². The van der Waals surface area contributed by atoms with E-state index in [1.807, 2.05) is 36.4 Å². The SMILES string of the molecule is COc1c(NC(=O)c2ccccc2)ccc2c(=O)cc(-c3ccccc3)oc12. The van der Waals surface area contributed by atoms with Gasteiger partial charge in [-0.25, -0.2) is 0 Å². The minimum Gasteiger partial charge on any atom is -0.491 e. The highest BCUT2D eigenvalue weighted by Gasteiger charge is 2.17.